The molecule has 1 fully saturated rings. The second kappa shape index (κ2) is 12.7. The number of rotatable bonds is 8. The first kappa shape index (κ1) is 28.9. The number of nitrogens with zero attached hydrogens (tertiary/aromatic N) is 1. The summed E-state index contributed by atoms with van der Waals surface area (Å²) in [7, 11) is 0. The number of hydrogen-bond donors (Lipinski definition) is 0. The molecule has 202 valence electrons. The first-order chi connectivity index (χ1) is 17.5. The van der Waals surface area contributed by atoms with Crippen LogP contribution in [0.15, 0.2) is 36.4 Å². The van der Waals surface area contributed by atoms with Crippen LogP contribution < -0.4 is 9.47 Å². The van der Waals surface area contributed by atoms with Gasteiger partial charge in [0.15, 0.2) is 5.75 Å². The predicted molar refractivity (Wildman–Crippen MR) is 144 cm³/mol. The molecule has 7 nitrogen and oxygen atoms in total. The zero-order valence-corrected chi connectivity index (χ0v) is 23.5. The SMILES string of the molecule is CCOC(=O)C1CN(C(=O)OC(C)(C)C)CCC1c1ccc(OCCOc2c(Cl)cc(C)cc2Cl)cc1. The van der Waals surface area contributed by atoms with E-state index in [4.69, 9.17) is 42.1 Å². The Morgan fingerprint density at radius 1 is 1.03 bits per heavy atom. The highest BCUT2D eigenvalue weighted by Gasteiger charge is 2.39. The molecule has 0 aromatic heterocycles. The topological polar surface area (TPSA) is 74.3 Å². The number of likely N-dealkylation sites (tertiary alicyclic amines) is 1. The first-order valence-electron chi connectivity index (χ1n) is 12.4. The van der Waals surface area contributed by atoms with Gasteiger partial charge in [0.05, 0.1) is 22.6 Å². The summed E-state index contributed by atoms with van der Waals surface area (Å²) in [5.74, 6) is 0.237. The van der Waals surface area contributed by atoms with E-state index in [1.165, 1.54) is 0 Å². The fraction of sp³-hybridized carbons (Fsp3) is 0.500. The summed E-state index contributed by atoms with van der Waals surface area (Å²) < 4.78 is 22.4. The van der Waals surface area contributed by atoms with Gasteiger partial charge in [-0.2, -0.15) is 0 Å². The largest absolute Gasteiger partial charge is 0.490 e. The fourth-order valence-electron chi connectivity index (χ4n) is 4.27. The molecule has 1 aliphatic rings. The normalized spacial score (nSPS) is 17.8. The molecule has 2 aromatic carbocycles. The molecule has 2 atom stereocenters. The van der Waals surface area contributed by atoms with E-state index in [0.717, 1.165) is 11.1 Å². The average Bonchev–Trinajstić information content (AvgIpc) is 2.82. The predicted octanol–water partition coefficient (Wildman–Crippen LogP) is 6.66. The third-order valence-electron chi connectivity index (χ3n) is 5.90. The van der Waals surface area contributed by atoms with Gasteiger partial charge in [0.2, 0.25) is 0 Å². The molecular formula is C28H35Cl2NO6. The van der Waals surface area contributed by atoms with Gasteiger partial charge in [-0.3, -0.25) is 4.79 Å². The van der Waals surface area contributed by atoms with Crippen molar-refractivity contribution in [2.24, 2.45) is 5.92 Å². The van der Waals surface area contributed by atoms with Gasteiger partial charge in [0.25, 0.3) is 0 Å². The summed E-state index contributed by atoms with van der Waals surface area (Å²) in [6, 6.07) is 11.2. The lowest BCUT2D eigenvalue weighted by Crippen LogP contribution is -2.47. The van der Waals surface area contributed by atoms with E-state index in [0.29, 0.717) is 41.1 Å². The Labute approximate surface area is 228 Å². The molecule has 0 N–H and O–H groups in total. The minimum Gasteiger partial charge on any atom is -0.490 e. The molecule has 1 amide bonds. The van der Waals surface area contributed by atoms with Crippen molar-refractivity contribution in [3.8, 4) is 11.5 Å². The zero-order valence-electron chi connectivity index (χ0n) is 22.0. The molecule has 37 heavy (non-hydrogen) atoms. The highest BCUT2D eigenvalue weighted by Crippen LogP contribution is 2.36. The second-order valence-electron chi connectivity index (χ2n) is 10.0. The van der Waals surface area contributed by atoms with Crippen molar-refractivity contribution < 1.29 is 28.5 Å². The van der Waals surface area contributed by atoms with Crippen molar-refractivity contribution in [1.82, 2.24) is 4.90 Å². The molecule has 1 aliphatic heterocycles. The van der Waals surface area contributed by atoms with Gasteiger partial charge in [-0.15, -0.1) is 0 Å². The van der Waals surface area contributed by atoms with Crippen molar-refractivity contribution in [1.29, 1.82) is 0 Å². The van der Waals surface area contributed by atoms with Crippen LogP contribution >= 0.6 is 23.2 Å². The standard InChI is InChI=1S/C28H35Cl2NO6/c1-6-34-26(32)22-17-31(27(33)37-28(3,4)5)12-11-21(22)19-7-9-20(10-8-19)35-13-14-36-25-23(29)15-18(2)16-24(25)30/h7-10,15-16,21-22H,6,11-14,17H2,1-5H3. The summed E-state index contributed by atoms with van der Waals surface area (Å²) in [5.41, 5.74) is 1.34. The van der Waals surface area contributed by atoms with E-state index in [2.05, 4.69) is 0 Å². The Bertz CT molecular complexity index is 1060. The van der Waals surface area contributed by atoms with Crippen LogP contribution in [0.1, 0.15) is 51.2 Å². The number of aryl methyl sites for hydroxylation is 1. The van der Waals surface area contributed by atoms with Gasteiger partial charge < -0.3 is 23.8 Å². The lowest BCUT2D eigenvalue weighted by molar-refractivity contribution is -0.150. The first-order valence-corrected chi connectivity index (χ1v) is 13.2. The number of ether oxygens (including phenoxy) is 4. The minimum absolute atomic E-state index is 0.0825. The molecule has 0 radical (unpaired) electrons. The van der Waals surface area contributed by atoms with Crippen molar-refractivity contribution >= 4 is 35.3 Å². The van der Waals surface area contributed by atoms with Crippen LogP contribution in [0.2, 0.25) is 10.0 Å². The van der Waals surface area contributed by atoms with Gasteiger partial charge >= 0.3 is 12.1 Å². The highest BCUT2D eigenvalue weighted by molar-refractivity contribution is 6.37. The molecule has 0 aliphatic carbocycles. The molecule has 0 saturated carbocycles. The van der Waals surface area contributed by atoms with Crippen LogP contribution in [0, 0.1) is 12.8 Å². The van der Waals surface area contributed by atoms with Crippen molar-refractivity contribution in [3.05, 3.63) is 57.6 Å². The lowest BCUT2D eigenvalue weighted by Gasteiger charge is -2.38. The van der Waals surface area contributed by atoms with Crippen molar-refractivity contribution in [2.75, 3.05) is 32.9 Å². The van der Waals surface area contributed by atoms with Crippen LogP contribution in [0.4, 0.5) is 4.79 Å². The zero-order chi connectivity index (χ0) is 27.2. The summed E-state index contributed by atoms with van der Waals surface area (Å²) >= 11 is 12.4. The number of benzene rings is 2. The molecule has 9 heteroatoms. The maximum Gasteiger partial charge on any atom is 0.410 e. The van der Waals surface area contributed by atoms with Crippen molar-refractivity contribution in [2.45, 2.75) is 52.6 Å². The molecule has 2 unspecified atom stereocenters. The maximum atomic E-state index is 12.8. The van der Waals surface area contributed by atoms with Crippen LogP contribution in [0.25, 0.3) is 0 Å². The summed E-state index contributed by atoms with van der Waals surface area (Å²) in [4.78, 5) is 27.0. The van der Waals surface area contributed by atoms with Gasteiger partial charge in [0, 0.05) is 19.0 Å². The maximum absolute atomic E-state index is 12.8. The molecule has 3 rings (SSSR count). The number of esters is 1. The second-order valence-corrected chi connectivity index (χ2v) is 10.8. The monoisotopic (exact) mass is 551 g/mol. The Kier molecular flexibility index (Phi) is 9.96. The Morgan fingerprint density at radius 3 is 2.24 bits per heavy atom. The number of hydrogen-bond acceptors (Lipinski definition) is 6. The summed E-state index contributed by atoms with van der Waals surface area (Å²) in [5, 5.41) is 0.923. The molecule has 0 bridgehead atoms. The number of carbonyl (C=O) groups excluding carboxylic acids is 2. The number of piperidine rings is 1. The van der Waals surface area contributed by atoms with E-state index < -0.39 is 17.6 Å². The lowest BCUT2D eigenvalue weighted by atomic mass is 9.80. The number of halogens is 2. The smallest absolute Gasteiger partial charge is 0.410 e. The third-order valence-corrected chi connectivity index (χ3v) is 6.46. The Balaban J connectivity index is 1.60. The fourth-order valence-corrected chi connectivity index (χ4v) is 4.98. The highest BCUT2D eigenvalue weighted by atomic mass is 35.5. The van der Waals surface area contributed by atoms with E-state index >= 15 is 0 Å². The van der Waals surface area contributed by atoms with Crippen LogP contribution in [0.5, 0.6) is 11.5 Å². The molecule has 0 spiro atoms. The van der Waals surface area contributed by atoms with Crippen LogP contribution in [0.3, 0.4) is 0 Å². The third kappa shape index (κ3) is 8.17. The van der Waals surface area contributed by atoms with Crippen LogP contribution in [-0.2, 0) is 14.3 Å². The van der Waals surface area contributed by atoms with Gasteiger partial charge in [-0.1, -0.05) is 35.3 Å². The van der Waals surface area contributed by atoms with E-state index in [9.17, 15) is 9.59 Å². The molecule has 1 saturated heterocycles. The quantitative estimate of drug-likeness (QED) is 0.269. The van der Waals surface area contributed by atoms with Gasteiger partial charge in [-0.05, 0) is 76.4 Å². The van der Waals surface area contributed by atoms with Crippen LogP contribution in [-0.4, -0.2) is 55.5 Å². The molecule has 1 heterocycles. The minimum atomic E-state index is -0.604. The molecule has 2 aromatic rings. The molecular weight excluding hydrogens is 517 g/mol. The Morgan fingerprint density at radius 2 is 1.65 bits per heavy atom. The number of amides is 1. The van der Waals surface area contributed by atoms with Gasteiger partial charge in [-0.25, -0.2) is 4.79 Å². The van der Waals surface area contributed by atoms with Gasteiger partial charge in [0.1, 0.15) is 24.6 Å². The summed E-state index contributed by atoms with van der Waals surface area (Å²) in [6.45, 7) is 10.8. The van der Waals surface area contributed by atoms with E-state index in [1.807, 2.05) is 52.0 Å². The average molecular weight is 552 g/mol. The van der Waals surface area contributed by atoms with E-state index in [1.54, 1.807) is 24.0 Å². The van der Waals surface area contributed by atoms with Crippen molar-refractivity contribution in [3.63, 3.8) is 0 Å². The van der Waals surface area contributed by atoms with E-state index in [-0.39, 0.29) is 31.6 Å². The summed E-state index contributed by atoms with van der Waals surface area (Å²) in [6.07, 6.45) is 0.203. The Hall–Kier alpha value is -2.64. The number of carbonyl (C=O) groups is 2.